The largest absolute Gasteiger partial charge is 0.321 e. The summed E-state index contributed by atoms with van der Waals surface area (Å²) in [5.74, 6) is 0. The molecule has 2 aromatic rings. The number of benzene rings is 1. The third-order valence-electron chi connectivity index (χ3n) is 3.26. The van der Waals surface area contributed by atoms with Crippen molar-refractivity contribution in [2.24, 2.45) is 12.8 Å². The minimum absolute atomic E-state index is 0.301. The molecule has 0 aliphatic rings. The average molecular weight is 229 g/mol. The molecule has 0 aliphatic heterocycles. The highest BCUT2D eigenvalue weighted by Crippen LogP contribution is 2.26. The molecule has 3 nitrogen and oxygen atoms in total. The predicted molar refractivity (Wildman–Crippen MR) is 69.5 cm³/mol. The molecule has 2 rings (SSSR count). The van der Waals surface area contributed by atoms with Gasteiger partial charge >= 0.3 is 0 Å². The first-order valence-electron chi connectivity index (χ1n) is 5.96. The molecular formula is C14H19N3. The highest BCUT2D eigenvalue weighted by Gasteiger charge is 2.25. The van der Waals surface area contributed by atoms with Crippen molar-refractivity contribution in [3.8, 4) is 0 Å². The van der Waals surface area contributed by atoms with Crippen molar-refractivity contribution < 1.29 is 0 Å². The van der Waals surface area contributed by atoms with Gasteiger partial charge in [0.15, 0.2) is 0 Å². The number of hydrogen-bond acceptors (Lipinski definition) is 2. The van der Waals surface area contributed by atoms with Gasteiger partial charge in [-0.3, -0.25) is 4.68 Å². The van der Waals surface area contributed by atoms with E-state index in [1.807, 2.05) is 42.3 Å². The normalized spacial score (nSPS) is 14.5. The smallest absolute Gasteiger partial charge is 0.0522 e. The van der Waals surface area contributed by atoms with Crippen LogP contribution in [0.4, 0.5) is 0 Å². The first-order valence-corrected chi connectivity index (χ1v) is 5.96. The average Bonchev–Trinajstić information content (AvgIpc) is 2.75. The number of nitrogens with zero attached hydrogens (tertiary/aromatic N) is 2. The minimum atomic E-state index is -0.301. The summed E-state index contributed by atoms with van der Waals surface area (Å²) >= 11 is 0. The lowest BCUT2D eigenvalue weighted by Crippen LogP contribution is -2.38. The highest BCUT2D eigenvalue weighted by molar-refractivity contribution is 5.26. The molecule has 3 heteroatoms. The molecule has 2 N–H and O–H groups in total. The van der Waals surface area contributed by atoms with Crippen LogP contribution in [0.15, 0.2) is 42.7 Å². The Balaban J connectivity index is 2.26. The second-order valence-electron chi connectivity index (χ2n) is 4.57. The van der Waals surface area contributed by atoms with E-state index < -0.39 is 0 Å². The fourth-order valence-corrected chi connectivity index (χ4v) is 2.13. The molecule has 0 spiro atoms. The first kappa shape index (κ1) is 11.9. The van der Waals surface area contributed by atoms with E-state index in [0.29, 0.717) is 0 Å². The molecule has 17 heavy (non-hydrogen) atoms. The van der Waals surface area contributed by atoms with Crippen LogP contribution in [-0.2, 0) is 19.0 Å². The lowest BCUT2D eigenvalue weighted by atomic mass is 9.83. The summed E-state index contributed by atoms with van der Waals surface area (Å²) in [4.78, 5) is 0. The van der Waals surface area contributed by atoms with E-state index in [2.05, 4.69) is 24.2 Å². The molecule has 1 unspecified atom stereocenters. The van der Waals surface area contributed by atoms with Crippen LogP contribution in [0, 0.1) is 0 Å². The zero-order chi connectivity index (χ0) is 12.3. The summed E-state index contributed by atoms with van der Waals surface area (Å²) in [5, 5.41) is 4.19. The van der Waals surface area contributed by atoms with Crippen molar-refractivity contribution in [3.63, 3.8) is 0 Å². The molecular weight excluding hydrogens is 210 g/mol. The van der Waals surface area contributed by atoms with E-state index in [4.69, 9.17) is 5.73 Å². The maximum absolute atomic E-state index is 6.52. The van der Waals surface area contributed by atoms with Gasteiger partial charge in [0.25, 0.3) is 0 Å². The molecule has 0 bridgehead atoms. The second kappa shape index (κ2) is 4.72. The van der Waals surface area contributed by atoms with Gasteiger partial charge in [-0.25, -0.2) is 0 Å². The van der Waals surface area contributed by atoms with Crippen molar-refractivity contribution in [3.05, 3.63) is 53.9 Å². The summed E-state index contributed by atoms with van der Waals surface area (Å²) in [6, 6.07) is 10.3. The Morgan fingerprint density at radius 3 is 2.53 bits per heavy atom. The van der Waals surface area contributed by atoms with E-state index >= 15 is 0 Å². The standard InChI is InChI=1S/C14H19N3/c1-3-14(15,13-7-5-4-6-8-13)9-12-10-16-17(2)11-12/h4-8,10-11H,3,9,15H2,1-2H3. The van der Waals surface area contributed by atoms with Crippen molar-refractivity contribution in [2.45, 2.75) is 25.3 Å². The van der Waals surface area contributed by atoms with Crippen LogP contribution < -0.4 is 5.73 Å². The molecule has 0 saturated heterocycles. The maximum atomic E-state index is 6.52. The fraction of sp³-hybridized carbons (Fsp3) is 0.357. The highest BCUT2D eigenvalue weighted by atomic mass is 15.2. The van der Waals surface area contributed by atoms with Crippen LogP contribution in [0.2, 0.25) is 0 Å². The first-order chi connectivity index (χ1) is 8.14. The van der Waals surface area contributed by atoms with Gasteiger partial charge in [-0.2, -0.15) is 5.10 Å². The number of hydrogen-bond donors (Lipinski definition) is 1. The Hall–Kier alpha value is -1.61. The Bertz CT molecular complexity index is 475. The van der Waals surface area contributed by atoms with Gasteiger partial charge in [0, 0.05) is 18.8 Å². The molecule has 0 amide bonds. The summed E-state index contributed by atoms with van der Waals surface area (Å²) in [7, 11) is 1.93. The molecule has 0 saturated carbocycles. The Morgan fingerprint density at radius 1 is 1.29 bits per heavy atom. The van der Waals surface area contributed by atoms with Crippen LogP contribution in [-0.4, -0.2) is 9.78 Å². The second-order valence-corrected chi connectivity index (χ2v) is 4.57. The molecule has 1 aromatic carbocycles. The third-order valence-corrected chi connectivity index (χ3v) is 3.26. The molecule has 1 atom stereocenters. The van der Waals surface area contributed by atoms with Gasteiger partial charge in [-0.1, -0.05) is 37.3 Å². The van der Waals surface area contributed by atoms with Crippen LogP contribution in [0.5, 0.6) is 0 Å². The van der Waals surface area contributed by atoms with Crippen molar-refractivity contribution in [1.29, 1.82) is 0 Å². The van der Waals surface area contributed by atoms with Gasteiger partial charge in [0.2, 0.25) is 0 Å². The molecule has 1 aromatic heterocycles. The molecule has 90 valence electrons. The minimum Gasteiger partial charge on any atom is -0.321 e. The summed E-state index contributed by atoms with van der Waals surface area (Å²) < 4.78 is 1.82. The Kier molecular flexibility index (Phi) is 3.29. The van der Waals surface area contributed by atoms with Crippen molar-refractivity contribution in [1.82, 2.24) is 9.78 Å². The SMILES string of the molecule is CCC(N)(Cc1cnn(C)c1)c1ccccc1. The van der Waals surface area contributed by atoms with E-state index in [0.717, 1.165) is 12.8 Å². The van der Waals surface area contributed by atoms with Crippen LogP contribution >= 0.6 is 0 Å². The molecule has 0 aliphatic carbocycles. The zero-order valence-electron chi connectivity index (χ0n) is 10.4. The maximum Gasteiger partial charge on any atom is 0.0522 e. The molecule has 0 fully saturated rings. The van der Waals surface area contributed by atoms with Gasteiger partial charge in [-0.05, 0) is 24.0 Å². The number of aryl methyl sites for hydroxylation is 1. The zero-order valence-corrected chi connectivity index (χ0v) is 10.4. The van der Waals surface area contributed by atoms with Crippen molar-refractivity contribution >= 4 is 0 Å². The lowest BCUT2D eigenvalue weighted by Gasteiger charge is -2.28. The summed E-state index contributed by atoms with van der Waals surface area (Å²) in [6.07, 6.45) is 5.65. The van der Waals surface area contributed by atoms with E-state index in [9.17, 15) is 0 Å². The Morgan fingerprint density at radius 2 is 2.00 bits per heavy atom. The van der Waals surface area contributed by atoms with E-state index in [-0.39, 0.29) is 5.54 Å². The van der Waals surface area contributed by atoms with Crippen molar-refractivity contribution in [2.75, 3.05) is 0 Å². The Labute approximate surface area is 102 Å². The number of rotatable bonds is 4. The van der Waals surface area contributed by atoms with Crippen LogP contribution in [0.3, 0.4) is 0 Å². The topological polar surface area (TPSA) is 43.8 Å². The van der Waals surface area contributed by atoms with E-state index in [1.165, 1.54) is 11.1 Å². The summed E-state index contributed by atoms with van der Waals surface area (Å²) in [6.45, 7) is 2.13. The van der Waals surface area contributed by atoms with E-state index in [1.54, 1.807) is 0 Å². The van der Waals surface area contributed by atoms with Gasteiger partial charge in [0.1, 0.15) is 0 Å². The van der Waals surface area contributed by atoms with Gasteiger partial charge in [0.05, 0.1) is 6.20 Å². The quantitative estimate of drug-likeness (QED) is 0.873. The number of nitrogens with two attached hydrogens (primary N) is 1. The van der Waals surface area contributed by atoms with Crippen LogP contribution in [0.25, 0.3) is 0 Å². The fourth-order valence-electron chi connectivity index (χ4n) is 2.13. The third kappa shape index (κ3) is 2.56. The predicted octanol–water partition coefficient (Wildman–Crippen LogP) is 2.23. The lowest BCUT2D eigenvalue weighted by molar-refractivity contribution is 0.425. The number of aromatic nitrogens is 2. The summed E-state index contributed by atoms with van der Waals surface area (Å²) in [5.41, 5.74) is 8.59. The molecule has 0 radical (unpaired) electrons. The molecule has 1 heterocycles. The van der Waals surface area contributed by atoms with Gasteiger partial charge < -0.3 is 5.73 Å². The van der Waals surface area contributed by atoms with Gasteiger partial charge in [-0.15, -0.1) is 0 Å². The van der Waals surface area contributed by atoms with Crippen LogP contribution in [0.1, 0.15) is 24.5 Å². The monoisotopic (exact) mass is 229 g/mol.